The summed E-state index contributed by atoms with van der Waals surface area (Å²) < 4.78 is 7.42. The highest BCUT2D eigenvalue weighted by molar-refractivity contribution is 5.79. The molecule has 2 aromatic heterocycles. The van der Waals surface area contributed by atoms with Crippen LogP contribution in [0.3, 0.4) is 0 Å². The van der Waals surface area contributed by atoms with Crippen LogP contribution in [-0.2, 0) is 0 Å². The summed E-state index contributed by atoms with van der Waals surface area (Å²) in [5.41, 5.74) is 2.74. The van der Waals surface area contributed by atoms with Crippen molar-refractivity contribution in [3.05, 3.63) is 58.9 Å². The number of fused-ring (bicyclic) bond motifs is 1. The van der Waals surface area contributed by atoms with E-state index in [4.69, 9.17) is 4.74 Å². The Labute approximate surface area is 128 Å². The van der Waals surface area contributed by atoms with Gasteiger partial charge in [-0.15, -0.1) is 0 Å². The smallest absolute Gasteiger partial charge is 0.191 e. The van der Waals surface area contributed by atoms with Gasteiger partial charge in [0.05, 0.1) is 18.2 Å². The summed E-state index contributed by atoms with van der Waals surface area (Å²) >= 11 is 0. The van der Waals surface area contributed by atoms with Crippen molar-refractivity contribution in [2.75, 3.05) is 7.11 Å². The summed E-state index contributed by atoms with van der Waals surface area (Å²) in [5, 5.41) is 0.687. The molecule has 0 bridgehead atoms. The molecule has 1 aliphatic carbocycles. The SMILES string of the molecule is COc1ccc(-c2cc(=O)c3cccnc3n2C2CC2)cc1. The molecule has 0 unspecified atom stereocenters. The summed E-state index contributed by atoms with van der Waals surface area (Å²) in [5.74, 6) is 0.808. The Bertz CT molecular complexity index is 893. The molecule has 110 valence electrons. The van der Waals surface area contributed by atoms with Gasteiger partial charge in [-0.05, 0) is 54.8 Å². The van der Waals surface area contributed by atoms with E-state index in [9.17, 15) is 4.79 Å². The van der Waals surface area contributed by atoms with Gasteiger partial charge in [0.2, 0.25) is 0 Å². The van der Waals surface area contributed by atoms with Crippen molar-refractivity contribution in [3.63, 3.8) is 0 Å². The minimum atomic E-state index is 0.0193. The number of aromatic nitrogens is 2. The van der Waals surface area contributed by atoms with Crippen molar-refractivity contribution in [1.82, 2.24) is 9.55 Å². The van der Waals surface area contributed by atoms with Gasteiger partial charge in [0, 0.05) is 18.3 Å². The second kappa shape index (κ2) is 4.98. The fourth-order valence-corrected chi connectivity index (χ4v) is 2.85. The van der Waals surface area contributed by atoms with Crippen molar-refractivity contribution in [2.24, 2.45) is 0 Å². The number of methoxy groups -OCH3 is 1. The first-order valence-electron chi connectivity index (χ1n) is 7.42. The lowest BCUT2D eigenvalue weighted by atomic mass is 10.1. The number of ether oxygens (including phenoxy) is 1. The van der Waals surface area contributed by atoms with Crippen molar-refractivity contribution in [2.45, 2.75) is 18.9 Å². The van der Waals surface area contributed by atoms with Crippen molar-refractivity contribution in [1.29, 1.82) is 0 Å². The molecule has 1 fully saturated rings. The van der Waals surface area contributed by atoms with E-state index in [-0.39, 0.29) is 5.43 Å². The molecular formula is C18H16N2O2. The third kappa shape index (κ3) is 2.08. The Balaban J connectivity index is 2.00. The quantitative estimate of drug-likeness (QED) is 0.743. The van der Waals surface area contributed by atoms with Crippen LogP contribution in [0.5, 0.6) is 5.75 Å². The van der Waals surface area contributed by atoms with Gasteiger partial charge < -0.3 is 9.30 Å². The van der Waals surface area contributed by atoms with Crippen LogP contribution in [0.4, 0.5) is 0 Å². The molecule has 0 spiro atoms. The molecule has 1 aliphatic rings. The Kier molecular flexibility index (Phi) is 2.96. The molecule has 4 nitrogen and oxygen atoms in total. The van der Waals surface area contributed by atoms with E-state index < -0.39 is 0 Å². The Morgan fingerprint density at radius 1 is 1.18 bits per heavy atom. The summed E-state index contributed by atoms with van der Waals surface area (Å²) in [7, 11) is 1.65. The summed E-state index contributed by atoms with van der Waals surface area (Å²) in [6.07, 6.45) is 4.02. The van der Waals surface area contributed by atoms with Gasteiger partial charge in [0.1, 0.15) is 11.4 Å². The zero-order valence-electron chi connectivity index (χ0n) is 12.3. The van der Waals surface area contributed by atoms with E-state index >= 15 is 0 Å². The average Bonchev–Trinajstić information content (AvgIpc) is 3.40. The van der Waals surface area contributed by atoms with Crippen LogP contribution in [0, 0.1) is 0 Å². The van der Waals surface area contributed by atoms with Gasteiger partial charge in [-0.3, -0.25) is 4.79 Å². The zero-order chi connectivity index (χ0) is 15.1. The molecule has 22 heavy (non-hydrogen) atoms. The minimum absolute atomic E-state index is 0.0193. The fourth-order valence-electron chi connectivity index (χ4n) is 2.85. The van der Waals surface area contributed by atoms with Crippen LogP contribution < -0.4 is 10.2 Å². The van der Waals surface area contributed by atoms with Gasteiger partial charge in [-0.1, -0.05) is 0 Å². The molecular weight excluding hydrogens is 276 g/mol. The third-order valence-corrected chi connectivity index (χ3v) is 4.11. The lowest BCUT2D eigenvalue weighted by Gasteiger charge is -2.16. The van der Waals surface area contributed by atoms with E-state index in [1.54, 1.807) is 19.4 Å². The second-order valence-corrected chi connectivity index (χ2v) is 5.60. The van der Waals surface area contributed by atoms with Crippen LogP contribution in [0.25, 0.3) is 22.3 Å². The molecule has 1 saturated carbocycles. The van der Waals surface area contributed by atoms with E-state index in [1.165, 1.54) is 0 Å². The third-order valence-electron chi connectivity index (χ3n) is 4.11. The maximum atomic E-state index is 12.4. The first-order valence-corrected chi connectivity index (χ1v) is 7.42. The Morgan fingerprint density at radius 3 is 2.64 bits per heavy atom. The maximum absolute atomic E-state index is 12.4. The predicted molar refractivity (Wildman–Crippen MR) is 86.3 cm³/mol. The molecule has 3 aromatic rings. The van der Waals surface area contributed by atoms with Gasteiger partial charge in [0.15, 0.2) is 5.43 Å². The van der Waals surface area contributed by atoms with Gasteiger partial charge in [-0.2, -0.15) is 0 Å². The standard InChI is InChI=1S/C18H16N2O2/c1-22-14-8-4-12(5-9-14)16-11-17(21)15-3-2-10-19-18(15)20(16)13-6-7-13/h2-5,8-11,13H,6-7H2,1H3. The van der Waals surface area contributed by atoms with Crippen LogP contribution in [0.2, 0.25) is 0 Å². The lowest BCUT2D eigenvalue weighted by Crippen LogP contribution is -2.12. The first-order chi connectivity index (χ1) is 10.8. The Morgan fingerprint density at radius 2 is 1.95 bits per heavy atom. The highest BCUT2D eigenvalue weighted by Crippen LogP contribution is 2.40. The lowest BCUT2D eigenvalue weighted by molar-refractivity contribution is 0.415. The van der Waals surface area contributed by atoms with E-state index in [0.717, 1.165) is 35.5 Å². The van der Waals surface area contributed by atoms with Gasteiger partial charge in [0.25, 0.3) is 0 Å². The van der Waals surface area contributed by atoms with Crippen LogP contribution >= 0.6 is 0 Å². The molecule has 0 saturated heterocycles. The number of benzene rings is 1. The van der Waals surface area contributed by atoms with Crippen molar-refractivity contribution < 1.29 is 4.74 Å². The molecule has 0 aliphatic heterocycles. The molecule has 4 heteroatoms. The maximum Gasteiger partial charge on any atom is 0.191 e. The zero-order valence-corrected chi connectivity index (χ0v) is 12.3. The minimum Gasteiger partial charge on any atom is -0.497 e. The number of hydrogen-bond acceptors (Lipinski definition) is 3. The fraction of sp³-hybridized carbons (Fsp3) is 0.222. The normalized spacial score (nSPS) is 14.2. The Hall–Kier alpha value is -2.62. The van der Waals surface area contributed by atoms with Crippen LogP contribution in [-0.4, -0.2) is 16.7 Å². The number of nitrogens with zero attached hydrogens (tertiary/aromatic N) is 2. The molecule has 0 amide bonds. The summed E-state index contributed by atoms with van der Waals surface area (Å²) in [6.45, 7) is 0. The molecule has 0 atom stereocenters. The van der Waals surface area contributed by atoms with Crippen LogP contribution in [0.1, 0.15) is 18.9 Å². The molecule has 0 N–H and O–H groups in total. The topological polar surface area (TPSA) is 44.1 Å². The van der Waals surface area contributed by atoms with E-state index in [2.05, 4.69) is 9.55 Å². The largest absolute Gasteiger partial charge is 0.497 e. The first kappa shape index (κ1) is 13.1. The molecule has 1 aromatic carbocycles. The monoisotopic (exact) mass is 292 g/mol. The number of rotatable bonds is 3. The van der Waals surface area contributed by atoms with E-state index in [0.29, 0.717) is 11.4 Å². The average molecular weight is 292 g/mol. The molecule has 0 radical (unpaired) electrons. The molecule has 4 rings (SSSR count). The molecule has 2 heterocycles. The highest BCUT2D eigenvalue weighted by atomic mass is 16.5. The van der Waals surface area contributed by atoms with Gasteiger partial charge >= 0.3 is 0 Å². The van der Waals surface area contributed by atoms with Crippen molar-refractivity contribution in [3.8, 4) is 17.0 Å². The van der Waals surface area contributed by atoms with Crippen molar-refractivity contribution >= 4 is 11.0 Å². The summed E-state index contributed by atoms with van der Waals surface area (Å²) in [6, 6.07) is 13.6. The number of pyridine rings is 2. The van der Waals surface area contributed by atoms with E-state index in [1.807, 2.05) is 36.4 Å². The summed E-state index contributed by atoms with van der Waals surface area (Å²) in [4.78, 5) is 16.9. The second-order valence-electron chi connectivity index (χ2n) is 5.60. The van der Waals surface area contributed by atoms with Gasteiger partial charge in [-0.25, -0.2) is 4.98 Å². The highest BCUT2D eigenvalue weighted by Gasteiger charge is 2.27. The van der Waals surface area contributed by atoms with Crippen LogP contribution in [0.15, 0.2) is 53.5 Å². The number of hydrogen-bond donors (Lipinski definition) is 0. The predicted octanol–water partition coefficient (Wildman–Crippen LogP) is 3.41.